The topological polar surface area (TPSA) is 50.4 Å². The molecule has 0 amide bonds. The van der Waals surface area contributed by atoms with Gasteiger partial charge in [-0.3, -0.25) is 0 Å². The monoisotopic (exact) mass is 345 g/mol. The van der Waals surface area contributed by atoms with Gasteiger partial charge >= 0.3 is 0 Å². The molecule has 2 aromatic carbocycles. The van der Waals surface area contributed by atoms with Crippen LogP contribution in [0.1, 0.15) is 43.2 Å². The molecular formula is C23H27N3. The summed E-state index contributed by atoms with van der Waals surface area (Å²) >= 11 is 0. The van der Waals surface area contributed by atoms with E-state index in [0.717, 1.165) is 42.2 Å². The Balaban J connectivity index is 1.29. The number of nitrogens with zero attached hydrogens (tertiary/aromatic N) is 1. The van der Waals surface area contributed by atoms with E-state index in [1.807, 2.05) is 0 Å². The lowest BCUT2D eigenvalue weighted by Gasteiger charge is -2.53. The van der Waals surface area contributed by atoms with Gasteiger partial charge in [-0.25, -0.2) is 4.99 Å². The Kier molecular flexibility index (Phi) is 3.18. The maximum atomic E-state index is 6.41. The van der Waals surface area contributed by atoms with Crippen LogP contribution in [0.2, 0.25) is 0 Å². The van der Waals surface area contributed by atoms with Crippen LogP contribution in [0.15, 0.2) is 35.3 Å². The number of hydrogen-bond donors (Lipinski definition) is 2. The molecule has 0 saturated heterocycles. The predicted molar refractivity (Wildman–Crippen MR) is 107 cm³/mol. The molecule has 0 atom stereocenters. The van der Waals surface area contributed by atoms with E-state index in [0.29, 0.717) is 12.0 Å². The van der Waals surface area contributed by atoms with Crippen molar-refractivity contribution < 1.29 is 0 Å². The molecule has 0 aromatic heterocycles. The molecule has 3 nitrogen and oxygen atoms in total. The van der Waals surface area contributed by atoms with Gasteiger partial charge in [-0.1, -0.05) is 24.3 Å². The van der Waals surface area contributed by atoms with Crippen molar-refractivity contribution in [2.75, 3.05) is 5.32 Å². The first-order chi connectivity index (χ1) is 12.7. The van der Waals surface area contributed by atoms with Crippen LogP contribution >= 0.6 is 0 Å². The smallest absolute Gasteiger partial charge is 0.193 e. The van der Waals surface area contributed by atoms with E-state index >= 15 is 0 Å². The Morgan fingerprint density at radius 1 is 0.923 bits per heavy atom. The zero-order valence-corrected chi connectivity index (χ0v) is 15.2. The molecule has 134 valence electrons. The van der Waals surface area contributed by atoms with Crippen molar-refractivity contribution in [2.45, 2.75) is 51.0 Å². The summed E-state index contributed by atoms with van der Waals surface area (Å²) in [5.41, 5.74) is 10.5. The lowest BCUT2D eigenvalue weighted by atomic mass is 9.54. The third kappa shape index (κ3) is 2.22. The van der Waals surface area contributed by atoms with Gasteiger partial charge in [-0.15, -0.1) is 0 Å². The third-order valence-electron chi connectivity index (χ3n) is 7.61. The highest BCUT2D eigenvalue weighted by atomic mass is 15.1. The SMILES string of the molecule is NC(=NC1C2CC3CC(C2)CC1C3)Nc1ccc2cccc3c2c1CC3. The number of rotatable bonds is 2. The quantitative estimate of drug-likeness (QED) is 0.622. The van der Waals surface area contributed by atoms with Crippen molar-refractivity contribution >= 4 is 22.4 Å². The van der Waals surface area contributed by atoms with Crippen molar-refractivity contribution in [1.29, 1.82) is 0 Å². The number of hydrogen-bond acceptors (Lipinski definition) is 1. The maximum absolute atomic E-state index is 6.41. The van der Waals surface area contributed by atoms with E-state index in [9.17, 15) is 0 Å². The molecular weight excluding hydrogens is 318 g/mol. The van der Waals surface area contributed by atoms with Crippen LogP contribution in [-0.4, -0.2) is 12.0 Å². The molecule has 3 N–H and O–H groups in total. The van der Waals surface area contributed by atoms with Crippen LogP contribution < -0.4 is 11.1 Å². The second-order valence-electron chi connectivity index (χ2n) is 9.17. The molecule has 0 radical (unpaired) electrons. The van der Waals surface area contributed by atoms with Gasteiger partial charge < -0.3 is 11.1 Å². The molecule has 7 rings (SSSR count). The minimum absolute atomic E-state index is 0.458. The number of aliphatic imine (C=N–C) groups is 1. The molecule has 0 heterocycles. The van der Waals surface area contributed by atoms with Crippen LogP contribution in [0.4, 0.5) is 5.69 Å². The number of benzene rings is 2. The first-order valence-electron chi connectivity index (χ1n) is 10.4. The van der Waals surface area contributed by atoms with Crippen molar-refractivity contribution in [3.05, 3.63) is 41.5 Å². The summed E-state index contributed by atoms with van der Waals surface area (Å²) in [7, 11) is 0. The zero-order chi connectivity index (χ0) is 17.3. The van der Waals surface area contributed by atoms with Crippen LogP contribution in [-0.2, 0) is 12.8 Å². The number of aryl methyl sites for hydroxylation is 2. The zero-order valence-electron chi connectivity index (χ0n) is 15.2. The molecule has 0 aliphatic heterocycles. The van der Waals surface area contributed by atoms with Crippen LogP contribution in [0.3, 0.4) is 0 Å². The fraction of sp³-hybridized carbons (Fsp3) is 0.522. The van der Waals surface area contributed by atoms with E-state index in [2.05, 4.69) is 35.6 Å². The van der Waals surface area contributed by atoms with Gasteiger partial charge in [0.2, 0.25) is 0 Å². The summed E-state index contributed by atoms with van der Waals surface area (Å²) in [6.07, 6.45) is 9.28. The average molecular weight is 345 g/mol. The second kappa shape index (κ2) is 5.48. The molecule has 4 fully saturated rings. The van der Waals surface area contributed by atoms with Crippen LogP contribution in [0, 0.1) is 23.7 Å². The Hall–Kier alpha value is -2.03. The van der Waals surface area contributed by atoms with Gasteiger partial charge in [0.15, 0.2) is 5.96 Å². The fourth-order valence-electron chi connectivity index (χ4n) is 6.82. The molecule has 5 aliphatic rings. The Labute approximate surface area is 155 Å². The molecule has 3 heteroatoms. The van der Waals surface area contributed by atoms with Gasteiger partial charge in [0.1, 0.15) is 0 Å². The molecule has 0 unspecified atom stereocenters. The predicted octanol–water partition coefficient (Wildman–Crippen LogP) is 4.49. The van der Waals surface area contributed by atoms with Gasteiger partial charge in [0.05, 0.1) is 6.04 Å². The van der Waals surface area contributed by atoms with E-state index in [1.54, 1.807) is 0 Å². The summed E-state index contributed by atoms with van der Waals surface area (Å²) in [4.78, 5) is 5.03. The van der Waals surface area contributed by atoms with E-state index in [-0.39, 0.29) is 0 Å². The fourth-order valence-corrected chi connectivity index (χ4v) is 6.82. The summed E-state index contributed by atoms with van der Waals surface area (Å²) in [5, 5.41) is 6.25. The maximum Gasteiger partial charge on any atom is 0.193 e. The first kappa shape index (κ1) is 15.1. The van der Waals surface area contributed by atoms with Gasteiger partial charge in [-0.05, 0) is 96.6 Å². The molecule has 4 saturated carbocycles. The highest BCUT2D eigenvalue weighted by Gasteiger charge is 2.48. The first-order valence-corrected chi connectivity index (χ1v) is 10.4. The standard InChI is InChI=1S/C23H27N3/c24-23(26-22-17-9-13-8-14(11-17)12-18(22)10-13)25-20-7-5-16-3-1-2-15-4-6-19(20)21(15)16/h1-3,5,7,13-14,17-18,22H,4,6,8-12H2,(H3,24,25,26). The number of nitrogens with two attached hydrogens (primary N) is 1. The van der Waals surface area contributed by atoms with Gasteiger partial charge in [0.25, 0.3) is 0 Å². The lowest BCUT2D eigenvalue weighted by molar-refractivity contribution is 0.00124. The van der Waals surface area contributed by atoms with Crippen molar-refractivity contribution in [1.82, 2.24) is 0 Å². The van der Waals surface area contributed by atoms with Crippen LogP contribution in [0.25, 0.3) is 10.8 Å². The molecule has 5 aliphatic carbocycles. The Bertz CT molecular complexity index is 885. The highest BCUT2D eigenvalue weighted by molar-refractivity contribution is 6.00. The minimum atomic E-state index is 0.458. The highest BCUT2D eigenvalue weighted by Crippen LogP contribution is 2.54. The minimum Gasteiger partial charge on any atom is -0.370 e. The molecule has 26 heavy (non-hydrogen) atoms. The third-order valence-corrected chi connectivity index (χ3v) is 7.61. The van der Waals surface area contributed by atoms with E-state index in [4.69, 9.17) is 10.7 Å². The van der Waals surface area contributed by atoms with E-state index < -0.39 is 0 Å². The van der Waals surface area contributed by atoms with Gasteiger partial charge in [-0.2, -0.15) is 0 Å². The molecule has 2 aromatic rings. The van der Waals surface area contributed by atoms with E-state index in [1.165, 1.54) is 54.0 Å². The molecule has 4 bridgehead atoms. The van der Waals surface area contributed by atoms with Crippen molar-refractivity contribution in [3.8, 4) is 0 Å². The molecule has 0 spiro atoms. The number of anilines is 1. The lowest BCUT2D eigenvalue weighted by Crippen LogP contribution is -2.48. The van der Waals surface area contributed by atoms with Gasteiger partial charge in [0, 0.05) is 5.69 Å². The average Bonchev–Trinajstić information content (AvgIpc) is 3.06. The van der Waals surface area contributed by atoms with Crippen molar-refractivity contribution in [3.63, 3.8) is 0 Å². The van der Waals surface area contributed by atoms with Crippen molar-refractivity contribution in [2.24, 2.45) is 34.4 Å². The summed E-state index contributed by atoms with van der Waals surface area (Å²) < 4.78 is 0. The largest absolute Gasteiger partial charge is 0.370 e. The Morgan fingerprint density at radius 3 is 2.46 bits per heavy atom. The number of nitrogens with one attached hydrogen (secondary N) is 1. The summed E-state index contributed by atoms with van der Waals surface area (Å²) in [6, 6.07) is 11.5. The summed E-state index contributed by atoms with van der Waals surface area (Å²) in [6.45, 7) is 0. The summed E-state index contributed by atoms with van der Waals surface area (Å²) in [5.74, 6) is 4.16. The normalized spacial score (nSPS) is 34.6. The number of guanidine groups is 1. The van der Waals surface area contributed by atoms with Crippen LogP contribution in [0.5, 0.6) is 0 Å². The second-order valence-corrected chi connectivity index (χ2v) is 9.17. The Morgan fingerprint density at radius 2 is 1.69 bits per heavy atom.